The van der Waals surface area contributed by atoms with Gasteiger partial charge in [0.05, 0.1) is 5.69 Å². The second-order valence-electron chi connectivity index (χ2n) is 5.07. The standard InChI is InChI=1S/C14H22N4O/c1-2-11-4-3-8-18(9-6-11)14(19)13-10-12(17-15)5-7-16-13/h5,7,10-11H,2-4,6,8-9,15H2,1H3,(H,16,17). The molecule has 1 unspecified atom stereocenters. The number of anilines is 1. The van der Waals surface area contributed by atoms with E-state index in [9.17, 15) is 4.79 Å². The molecule has 3 N–H and O–H groups in total. The van der Waals surface area contributed by atoms with E-state index in [2.05, 4.69) is 17.3 Å². The Hall–Kier alpha value is -1.62. The molecule has 1 aliphatic heterocycles. The number of nitrogens with two attached hydrogens (primary N) is 1. The molecule has 104 valence electrons. The minimum Gasteiger partial charge on any atom is -0.337 e. The summed E-state index contributed by atoms with van der Waals surface area (Å²) in [6, 6.07) is 3.44. The number of carbonyl (C=O) groups excluding carboxylic acids is 1. The summed E-state index contributed by atoms with van der Waals surface area (Å²) in [7, 11) is 0. The zero-order valence-electron chi connectivity index (χ0n) is 11.4. The van der Waals surface area contributed by atoms with Gasteiger partial charge in [-0.05, 0) is 37.3 Å². The monoisotopic (exact) mass is 262 g/mol. The SMILES string of the molecule is CCC1CCCN(C(=O)c2cc(NN)ccn2)CC1. The first kappa shape index (κ1) is 13.8. The molecule has 0 bridgehead atoms. The molecule has 1 fully saturated rings. The van der Waals surface area contributed by atoms with Gasteiger partial charge in [0.1, 0.15) is 5.69 Å². The molecule has 1 amide bonds. The maximum Gasteiger partial charge on any atom is 0.272 e. The van der Waals surface area contributed by atoms with Crippen molar-refractivity contribution in [2.24, 2.45) is 11.8 Å². The van der Waals surface area contributed by atoms with E-state index in [4.69, 9.17) is 5.84 Å². The average Bonchev–Trinajstić information content (AvgIpc) is 2.72. The fraction of sp³-hybridized carbons (Fsp3) is 0.571. The molecule has 2 heterocycles. The number of hydrazine groups is 1. The topological polar surface area (TPSA) is 71.2 Å². The van der Waals surface area contributed by atoms with Crippen LogP contribution in [0, 0.1) is 5.92 Å². The highest BCUT2D eigenvalue weighted by atomic mass is 16.2. The summed E-state index contributed by atoms with van der Waals surface area (Å²) in [5, 5.41) is 0. The van der Waals surface area contributed by atoms with Crippen LogP contribution in [0.25, 0.3) is 0 Å². The van der Waals surface area contributed by atoms with Crippen LogP contribution in [0.2, 0.25) is 0 Å². The first-order valence-electron chi connectivity index (χ1n) is 6.96. The van der Waals surface area contributed by atoms with Crippen molar-refractivity contribution in [2.75, 3.05) is 18.5 Å². The number of aromatic nitrogens is 1. The lowest BCUT2D eigenvalue weighted by Crippen LogP contribution is -2.32. The number of nitrogen functional groups attached to an aromatic ring is 1. The second-order valence-corrected chi connectivity index (χ2v) is 5.07. The van der Waals surface area contributed by atoms with Gasteiger partial charge in [0.25, 0.3) is 5.91 Å². The van der Waals surface area contributed by atoms with Gasteiger partial charge in [0.15, 0.2) is 0 Å². The van der Waals surface area contributed by atoms with Crippen LogP contribution in [-0.2, 0) is 0 Å². The normalized spacial score (nSPS) is 19.9. The van der Waals surface area contributed by atoms with Crippen molar-refractivity contribution in [1.82, 2.24) is 9.88 Å². The van der Waals surface area contributed by atoms with Crippen LogP contribution in [-0.4, -0.2) is 28.9 Å². The molecule has 1 aliphatic rings. The van der Waals surface area contributed by atoms with Gasteiger partial charge in [0.2, 0.25) is 0 Å². The van der Waals surface area contributed by atoms with Crippen molar-refractivity contribution < 1.29 is 4.79 Å². The molecule has 0 saturated carbocycles. The number of likely N-dealkylation sites (tertiary alicyclic amines) is 1. The van der Waals surface area contributed by atoms with E-state index in [-0.39, 0.29) is 5.91 Å². The highest BCUT2D eigenvalue weighted by molar-refractivity contribution is 5.93. The van der Waals surface area contributed by atoms with Gasteiger partial charge >= 0.3 is 0 Å². The van der Waals surface area contributed by atoms with Crippen molar-refractivity contribution >= 4 is 11.6 Å². The Kier molecular flexibility index (Phi) is 4.74. The van der Waals surface area contributed by atoms with Gasteiger partial charge in [-0.2, -0.15) is 0 Å². The molecule has 19 heavy (non-hydrogen) atoms. The number of nitrogens with zero attached hydrogens (tertiary/aromatic N) is 2. The molecule has 0 spiro atoms. The number of carbonyl (C=O) groups is 1. The number of hydrogen-bond acceptors (Lipinski definition) is 4. The fourth-order valence-electron chi connectivity index (χ4n) is 2.58. The number of amides is 1. The Morgan fingerprint density at radius 2 is 2.37 bits per heavy atom. The summed E-state index contributed by atoms with van der Waals surface area (Å²) >= 11 is 0. The van der Waals surface area contributed by atoms with Crippen LogP contribution < -0.4 is 11.3 Å². The highest BCUT2D eigenvalue weighted by Gasteiger charge is 2.21. The van der Waals surface area contributed by atoms with Gasteiger partial charge in [0, 0.05) is 19.3 Å². The van der Waals surface area contributed by atoms with E-state index in [1.54, 1.807) is 18.3 Å². The molecular weight excluding hydrogens is 240 g/mol. The van der Waals surface area contributed by atoms with Crippen molar-refractivity contribution in [3.8, 4) is 0 Å². The Bertz CT molecular complexity index is 435. The summed E-state index contributed by atoms with van der Waals surface area (Å²) in [5.41, 5.74) is 3.71. The van der Waals surface area contributed by atoms with Crippen LogP contribution in [0.15, 0.2) is 18.3 Å². The number of rotatable bonds is 3. The molecule has 0 aliphatic carbocycles. The Morgan fingerprint density at radius 1 is 1.53 bits per heavy atom. The van der Waals surface area contributed by atoms with Crippen LogP contribution in [0.4, 0.5) is 5.69 Å². The predicted octanol–water partition coefficient (Wildman–Crippen LogP) is 2.02. The quantitative estimate of drug-likeness (QED) is 0.646. The summed E-state index contributed by atoms with van der Waals surface area (Å²) in [6.45, 7) is 3.89. The minimum atomic E-state index is 0.00820. The summed E-state index contributed by atoms with van der Waals surface area (Å²) < 4.78 is 0. The number of hydrogen-bond donors (Lipinski definition) is 2. The Balaban J connectivity index is 2.06. The first-order chi connectivity index (χ1) is 9.24. The molecule has 5 heteroatoms. The van der Waals surface area contributed by atoms with Crippen LogP contribution in [0.1, 0.15) is 43.1 Å². The van der Waals surface area contributed by atoms with E-state index in [1.807, 2.05) is 4.90 Å². The van der Waals surface area contributed by atoms with Crippen molar-refractivity contribution in [3.63, 3.8) is 0 Å². The lowest BCUT2D eigenvalue weighted by molar-refractivity contribution is 0.0754. The average molecular weight is 262 g/mol. The number of pyridine rings is 1. The third-order valence-corrected chi connectivity index (χ3v) is 3.86. The molecule has 5 nitrogen and oxygen atoms in total. The minimum absolute atomic E-state index is 0.00820. The zero-order valence-corrected chi connectivity index (χ0v) is 11.4. The van der Waals surface area contributed by atoms with Gasteiger partial charge in [-0.15, -0.1) is 0 Å². The van der Waals surface area contributed by atoms with Gasteiger partial charge in [-0.1, -0.05) is 13.3 Å². The van der Waals surface area contributed by atoms with Crippen molar-refractivity contribution in [3.05, 3.63) is 24.0 Å². The van der Waals surface area contributed by atoms with Crippen LogP contribution in [0.5, 0.6) is 0 Å². The molecule has 2 rings (SSSR count). The van der Waals surface area contributed by atoms with E-state index >= 15 is 0 Å². The van der Waals surface area contributed by atoms with E-state index in [1.165, 1.54) is 12.8 Å². The third kappa shape index (κ3) is 3.44. The highest BCUT2D eigenvalue weighted by Crippen LogP contribution is 2.21. The number of nitrogens with one attached hydrogen (secondary N) is 1. The molecule has 1 saturated heterocycles. The molecule has 0 radical (unpaired) electrons. The smallest absolute Gasteiger partial charge is 0.272 e. The molecular formula is C14H22N4O. The van der Waals surface area contributed by atoms with Gasteiger partial charge in [-0.3, -0.25) is 15.6 Å². The maximum absolute atomic E-state index is 12.4. The van der Waals surface area contributed by atoms with E-state index in [0.717, 1.165) is 31.8 Å². The molecule has 1 aromatic rings. The first-order valence-corrected chi connectivity index (χ1v) is 6.96. The van der Waals surface area contributed by atoms with Crippen LogP contribution >= 0.6 is 0 Å². The largest absolute Gasteiger partial charge is 0.337 e. The Labute approximate surface area is 114 Å². The summed E-state index contributed by atoms with van der Waals surface area (Å²) in [6.07, 6.45) is 6.20. The lowest BCUT2D eigenvalue weighted by atomic mass is 9.98. The summed E-state index contributed by atoms with van der Waals surface area (Å²) in [4.78, 5) is 18.5. The molecule has 0 aromatic carbocycles. The third-order valence-electron chi connectivity index (χ3n) is 3.86. The Morgan fingerprint density at radius 3 is 3.11 bits per heavy atom. The lowest BCUT2D eigenvalue weighted by Gasteiger charge is -2.20. The van der Waals surface area contributed by atoms with Crippen molar-refractivity contribution in [1.29, 1.82) is 0 Å². The second kappa shape index (κ2) is 6.52. The molecule has 1 aromatic heterocycles. The molecule has 1 atom stereocenters. The summed E-state index contributed by atoms with van der Waals surface area (Å²) in [5.74, 6) is 6.12. The van der Waals surface area contributed by atoms with Gasteiger partial charge in [-0.25, -0.2) is 0 Å². The van der Waals surface area contributed by atoms with E-state index < -0.39 is 0 Å². The fourth-order valence-corrected chi connectivity index (χ4v) is 2.58. The van der Waals surface area contributed by atoms with Gasteiger partial charge < -0.3 is 10.3 Å². The van der Waals surface area contributed by atoms with Crippen LogP contribution in [0.3, 0.4) is 0 Å². The van der Waals surface area contributed by atoms with E-state index in [0.29, 0.717) is 11.4 Å². The predicted molar refractivity (Wildman–Crippen MR) is 75.6 cm³/mol. The van der Waals surface area contributed by atoms with Crippen molar-refractivity contribution in [2.45, 2.75) is 32.6 Å². The maximum atomic E-state index is 12.4. The zero-order chi connectivity index (χ0) is 13.7.